The minimum absolute atomic E-state index is 0.0751. The number of amides is 1. The van der Waals surface area contributed by atoms with Crippen molar-refractivity contribution in [2.45, 2.75) is 25.5 Å². The number of carboxylic acids is 1. The summed E-state index contributed by atoms with van der Waals surface area (Å²) in [4.78, 5) is 24.6. The van der Waals surface area contributed by atoms with Gasteiger partial charge in [0.05, 0.1) is 19.1 Å². The van der Waals surface area contributed by atoms with Gasteiger partial charge in [0, 0.05) is 6.54 Å². The zero-order chi connectivity index (χ0) is 13.8. The lowest BCUT2D eigenvalue weighted by atomic mass is 10.0. The van der Waals surface area contributed by atoms with Gasteiger partial charge >= 0.3 is 5.97 Å². The molecule has 5 nitrogen and oxygen atoms in total. The third kappa shape index (κ3) is 3.12. The van der Waals surface area contributed by atoms with Crippen LogP contribution >= 0.6 is 0 Å². The maximum Gasteiger partial charge on any atom is 0.306 e. The Morgan fingerprint density at radius 1 is 1.47 bits per heavy atom. The van der Waals surface area contributed by atoms with E-state index >= 15 is 0 Å². The molecule has 1 aromatic carbocycles. The van der Waals surface area contributed by atoms with Gasteiger partial charge in [0.1, 0.15) is 6.10 Å². The van der Waals surface area contributed by atoms with Crippen molar-refractivity contribution in [3.05, 3.63) is 35.9 Å². The fraction of sp³-hybridized carbons (Fsp3) is 0.429. The molecule has 1 fully saturated rings. The zero-order valence-corrected chi connectivity index (χ0v) is 10.8. The molecular formula is C14H17NO4. The highest BCUT2D eigenvalue weighted by molar-refractivity contribution is 5.86. The Bertz CT molecular complexity index is 460. The van der Waals surface area contributed by atoms with Crippen molar-refractivity contribution in [1.29, 1.82) is 0 Å². The van der Waals surface area contributed by atoms with Crippen LogP contribution in [0.25, 0.3) is 0 Å². The van der Waals surface area contributed by atoms with Crippen LogP contribution in [0, 0.1) is 0 Å². The van der Waals surface area contributed by atoms with Gasteiger partial charge in [0.2, 0.25) is 0 Å². The van der Waals surface area contributed by atoms with Crippen LogP contribution in [0.2, 0.25) is 0 Å². The summed E-state index contributed by atoms with van der Waals surface area (Å²) >= 11 is 0. The largest absolute Gasteiger partial charge is 0.481 e. The van der Waals surface area contributed by atoms with Crippen LogP contribution in [-0.4, -0.2) is 41.1 Å². The first-order valence-electron chi connectivity index (χ1n) is 6.28. The van der Waals surface area contributed by atoms with Crippen molar-refractivity contribution < 1.29 is 19.4 Å². The number of carbonyl (C=O) groups is 2. The van der Waals surface area contributed by atoms with Crippen molar-refractivity contribution in [1.82, 2.24) is 4.90 Å². The van der Waals surface area contributed by atoms with Gasteiger partial charge in [0.15, 0.2) is 0 Å². The number of carbonyl (C=O) groups excluding carboxylic acids is 1. The Morgan fingerprint density at radius 3 is 2.79 bits per heavy atom. The molecule has 0 spiro atoms. The highest BCUT2D eigenvalue weighted by Crippen LogP contribution is 2.24. The molecule has 0 saturated carbocycles. The average Bonchev–Trinajstić information content (AvgIpc) is 2.41. The molecule has 1 N–H and O–H groups in total. The molecule has 102 valence electrons. The second-order valence-corrected chi connectivity index (χ2v) is 4.58. The lowest BCUT2D eigenvalue weighted by molar-refractivity contribution is -0.161. The number of hydrogen-bond donors (Lipinski definition) is 1. The number of carboxylic acid groups (broad SMARTS) is 1. The Balaban J connectivity index is 2.11. The molecule has 1 saturated heterocycles. The highest BCUT2D eigenvalue weighted by Gasteiger charge is 2.34. The van der Waals surface area contributed by atoms with Gasteiger partial charge in [-0.1, -0.05) is 30.3 Å². The van der Waals surface area contributed by atoms with Crippen LogP contribution in [0.1, 0.15) is 24.9 Å². The first-order valence-corrected chi connectivity index (χ1v) is 6.28. The molecule has 0 aromatic heterocycles. The van der Waals surface area contributed by atoms with Crippen molar-refractivity contribution in [3.8, 4) is 0 Å². The van der Waals surface area contributed by atoms with Gasteiger partial charge in [-0.3, -0.25) is 9.59 Å². The Kier molecular flexibility index (Phi) is 4.16. The van der Waals surface area contributed by atoms with Gasteiger partial charge in [-0.2, -0.15) is 0 Å². The summed E-state index contributed by atoms with van der Waals surface area (Å²) in [5.41, 5.74) is 1.03. The first kappa shape index (κ1) is 13.5. The van der Waals surface area contributed by atoms with E-state index in [1.54, 1.807) is 4.90 Å². The molecule has 1 heterocycles. The zero-order valence-electron chi connectivity index (χ0n) is 10.8. The fourth-order valence-corrected chi connectivity index (χ4v) is 2.26. The van der Waals surface area contributed by atoms with Crippen LogP contribution in [0.4, 0.5) is 0 Å². The van der Waals surface area contributed by atoms with Crippen molar-refractivity contribution in [2.75, 3.05) is 13.2 Å². The van der Waals surface area contributed by atoms with Crippen LogP contribution < -0.4 is 0 Å². The van der Waals surface area contributed by atoms with Gasteiger partial charge in [0.25, 0.3) is 5.91 Å². The van der Waals surface area contributed by atoms with Gasteiger partial charge in [-0.15, -0.1) is 0 Å². The van der Waals surface area contributed by atoms with Gasteiger partial charge in [-0.25, -0.2) is 0 Å². The summed E-state index contributed by atoms with van der Waals surface area (Å²) in [6, 6.07) is 9.61. The molecule has 1 aliphatic rings. The highest BCUT2D eigenvalue weighted by atomic mass is 16.5. The van der Waals surface area contributed by atoms with E-state index in [2.05, 4.69) is 0 Å². The molecule has 2 atom stereocenters. The number of rotatable bonds is 4. The fourth-order valence-electron chi connectivity index (χ4n) is 2.26. The summed E-state index contributed by atoms with van der Waals surface area (Å²) in [6.45, 7) is 2.81. The predicted octanol–water partition coefficient (Wildman–Crippen LogP) is 1.45. The van der Waals surface area contributed by atoms with E-state index in [-0.39, 0.29) is 18.4 Å². The summed E-state index contributed by atoms with van der Waals surface area (Å²) in [6.07, 6.45) is -1.14. The summed E-state index contributed by atoms with van der Waals surface area (Å²) in [5.74, 6) is -1.27. The summed E-state index contributed by atoms with van der Waals surface area (Å²) in [5, 5.41) is 8.77. The van der Waals surface area contributed by atoms with E-state index in [1.165, 1.54) is 0 Å². The third-order valence-corrected chi connectivity index (χ3v) is 3.32. The lowest BCUT2D eigenvalue weighted by Gasteiger charge is -2.36. The summed E-state index contributed by atoms with van der Waals surface area (Å²) < 4.78 is 5.25. The lowest BCUT2D eigenvalue weighted by Crippen LogP contribution is -2.49. The van der Waals surface area contributed by atoms with Crippen LogP contribution in [0.3, 0.4) is 0 Å². The molecule has 1 aromatic rings. The topological polar surface area (TPSA) is 66.8 Å². The average molecular weight is 263 g/mol. The number of ether oxygens (including phenoxy) is 1. The molecular weight excluding hydrogens is 246 g/mol. The molecule has 5 heteroatoms. The van der Waals surface area contributed by atoms with E-state index in [9.17, 15) is 9.59 Å². The maximum absolute atomic E-state index is 12.2. The molecule has 2 unspecified atom stereocenters. The Labute approximate surface area is 111 Å². The molecule has 19 heavy (non-hydrogen) atoms. The molecule has 0 aliphatic carbocycles. The van der Waals surface area contributed by atoms with Crippen molar-refractivity contribution in [2.24, 2.45) is 0 Å². The van der Waals surface area contributed by atoms with E-state index in [1.807, 2.05) is 37.3 Å². The molecule has 1 aliphatic heterocycles. The molecule has 0 radical (unpaired) electrons. The molecule has 2 rings (SSSR count). The van der Waals surface area contributed by atoms with Gasteiger partial charge in [-0.05, 0) is 12.5 Å². The van der Waals surface area contributed by atoms with Crippen LogP contribution in [0.5, 0.6) is 0 Å². The van der Waals surface area contributed by atoms with Gasteiger partial charge < -0.3 is 14.7 Å². The quantitative estimate of drug-likeness (QED) is 0.892. The van der Waals surface area contributed by atoms with Crippen molar-refractivity contribution in [3.63, 3.8) is 0 Å². The normalized spacial score (nSPS) is 21.2. The van der Waals surface area contributed by atoms with Crippen molar-refractivity contribution >= 4 is 11.9 Å². The smallest absolute Gasteiger partial charge is 0.306 e. The van der Waals surface area contributed by atoms with E-state index in [0.29, 0.717) is 13.2 Å². The minimum Gasteiger partial charge on any atom is -0.481 e. The second-order valence-electron chi connectivity index (χ2n) is 4.58. The SMILES string of the molecule is CC(c1ccccc1)N1CCOC(CC(=O)O)C1=O. The first-order chi connectivity index (χ1) is 9.09. The number of hydrogen-bond acceptors (Lipinski definition) is 3. The number of nitrogens with zero attached hydrogens (tertiary/aromatic N) is 1. The number of aliphatic carboxylic acids is 1. The summed E-state index contributed by atoms with van der Waals surface area (Å²) in [7, 11) is 0. The monoisotopic (exact) mass is 263 g/mol. The number of benzene rings is 1. The molecule has 0 bridgehead atoms. The molecule has 1 amide bonds. The van der Waals surface area contributed by atoms with Crippen LogP contribution in [0.15, 0.2) is 30.3 Å². The third-order valence-electron chi connectivity index (χ3n) is 3.32. The standard InChI is InChI=1S/C14H17NO4/c1-10(11-5-3-2-4-6-11)15-7-8-19-12(14(15)18)9-13(16)17/h2-6,10,12H,7-9H2,1H3,(H,16,17). The van der Waals surface area contributed by atoms with Crippen LogP contribution in [-0.2, 0) is 14.3 Å². The Hall–Kier alpha value is -1.88. The Morgan fingerprint density at radius 2 is 2.16 bits per heavy atom. The minimum atomic E-state index is -1.02. The second kappa shape index (κ2) is 5.84. The maximum atomic E-state index is 12.2. The van der Waals surface area contributed by atoms with E-state index in [0.717, 1.165) is 5.56 Å². The number of morpholine rings is 1. The van der Waals surface area contributed by atoms with E-state index < -0.39 is 12.1 Å². The van der Waals surface area contributed by atoms with E-state index in [4.69, 9.17) is 9.84 Å². The predicted molar refractivity (Wildman–Crippen MR) is 68.6 cm³/mol.